The lowest BCUT2D eigenvalue weighted by molar-refractivity contribution is -0.137. The number of fused-ring (bicyclic) bond motifs is 4. The summed E-state index contributed by atoms with van der Waals surface area (Å²) in [6, 6.07) is 25.1. The van der Waals surface area contributed by atoms with E-state index in [1.54, 1.807) is 21.3 Å². The van der Waals surface area contributed by atoms with Gasteiger partial charge in [-0.2, -0.15) is 4.31 Å². The first-order chi connectivity index (χ1) is 28.5. The van der Waals surface area contributed by atoms with Crippen molar-refractivity contribution in [1.82, 2.24) is 14.5 Å². The molecule has 4 aliphatic heterocycles. The number of piperidine rings is 1. The van der Waals surface area contributed by atoms with Gasteiger partial charge in [-0.05, 0) is 109 Å². The number of aliphatic hydroxyl groups excluding tert-OH is 1. The number of aryl methyl sites for hydroxylation is 2. The number of hydrogen-bond acceptors (Lipinski definition) is 8. The Morgan fingerprint density at radius 2 is 1.64 bits per heavy atom. The number of nitrogens with one attached hydrogen (secondary N) is 3. The number of benzene rings is 4. The monoisotopic (exact) mass is 817 g/mol. The van der Waals surface area contributed by atoms with E-state index in [1.807, 2.05) is 79.7 Å². The van der Waals surface area contributed by atoms with E-state index in [1.165, 1.54) is 0 Å². The molecule has 2 saturated heterocycles. The second-order valence-electron chi connectivity index (χ2n) is 16.3. The molecule has 4 atom stereocenters. The van der Waals surface area contributed by atoms with E-state index in [0.717, 1.165) is 77.6 Å². The fourth-order valence-electron chi connectivity index (χ4n) is 9.33. The Balaban J connectivity index is 0.837. The van der Waals surface area contributed by atoms with Gasteiger partial charge in [0, 0.05) is 48.8 Å². The molecule has 4 aromatic carbocycles. The van der Waals surface area contributed by atoms with E-state index in [-0.39, 0.29) is 47.6 Å². The first kappa shape index (κ1) is 40.4. The molecule has 1 unspecified atom stereocenters. The second-order valence-corrected chi connectivity index (χ2v) is 18.2. The Hall–Kier alpha value is -5.37. The van der Waals surface area contributed by atoms with Crippen molar-refractivity contribution in [2.24, 2.45) is 5.92 Å². The second kappa shape index (κ2) is 17.1. The number of imide groups is 1. The predicted octanol–water partition coefficient (Wildman–Crippen LogP) is 6.48. The normalized spacial score (nSPS) is 21.4. The molecule has 12 nitrogen and oxygen atoms in total. The molecule has 0 aliphatic carbocycles. The van der Waals surface area contributed by atoms with Gasteiger partial charge in [0.1, 0.15) is 6.04 Å². The predicted molar refractivity (Wildman–Crippen MR) is 225 cm³/mol. The lowest BCUT2D eigenvalue weighted by Crippen LogP contribution is -2.52. The number of aliphatic hydroxyl groups is 1. The maximum absolute atomic E-state index is 14.0. The molecule has 8 rings (SSSR count). The van der Waals surface area contributed by atoms with E-state index < -0.39 is 28.0 Å². The van der Waals surface area contributed by atoms with Crippen LogP contribution in [0.5, 0.6) is 0 Å². The summed E-state index contributed by atoms with van der Waals surface area (Å²) in [5.74, 6) is -1.00. The zero-order valence-corrected chi connectivity index (χ0v) is 34.1. The summed E-state index contributed by atoms with van der Waals surface area (Å²) < 4.78 is 29.6. The fraction of sp³-hybridized carbons (Fsp3) is 0.391. The Morgan fingerprint density at radius 3 is 2.44 bits per heavy atom. The molecule has 4 amide bonds. The maximum atomic E-state index is 14.0. The molecule has 0 aromatic heterocycles. The molecule has 59 heavy (non-hydrogen) atoms. The van der Waals surface area contributed by atoms with Crippen molar-refractivity contribution in [3.8, 4) is 11.1 Å². The van der Waals surface area contributed by atoms with Gasteiger partial charge < -0.3 is 20.6 Å². The first-order valence-electron chi connectivity index (χ1n) is 20.8. The lowest BCUT2D eigenvalue weighted by atomic mass is 9.82. The molecular formula is C46H51N5O7S. The Bertz CT molecular complexity index is 2380. The Morgan fingerprint density at radius 1 is 0.881 bits per heavy atom. The summed E-state index contributed by atoms with van der Waals surface area (Å²) in [7, 11) is -3.79. The van der Waals surface area contributed by atoms with Crippen molar-refractivity contribution >= 4 is 45.0 Å². The molecule has 2 fully saturated rings. The maximum Gasteiger partial charge on any atom is 0.255 e. The van der Waals surface area contributed by atoms with Gasteiger partial charge in [-0.1, -0.05) is 67.3 Å². The molecule has 0 bridgehead atoms. The topological polar surface area (TPSA) is 165 Å². The number of amides is 4. The van der Waals surface area contributed by atoms with Crippen LogP contribution >= 0.6 is 0 Å². The molecule has 4 aromatic rings. The van der Waals surface area contributed by atoms with Crippen molar-refractivity contribution in [2.75, 3.05) is 23.8 Å². The number of carbonyl (C=O) groups is 4. The Labute approximate surface area is 345 Å². The number of anilines is 2. The van der Waals surface area contributed by atoms with Crippen LogP contribution in [-0.2, 0) is 37.4 Å². The van der Waals surface area contributed by atoms with E-state index in [2.05, 4.69) is 16.0 Å². The highest BCUT2D eigenvalue weighted by molar-refractivity contribution is 7.89. The van der Waals surface area contributed by atoms with Gasteiger partial charge in [0.05, 0.1) is 23.6 Å². The lowest BCUT2D eigenvalue weighted by Gasteiger charge is -2.39. The van der Waals surface area contributed by atoms with Crippen molar-refractivity contribution in [1.29, 1.82) is 0 Å². The van der Waals surface area contributed by atoms with Gasteiger partial charge in [0.15, 0.2) is 0 Å². The largest absolute Gasteiger partial charge is 0.394 e. The minimum Gasteiger partial charge on any atom is -0.394 e. The number of rotatable bonds is 14. The number of sulfonamides is 1. The van der Waals surface area contributed by atoms with Crippen molar-refractivity contribution in [2.45, 2.75) is 101 Å². The van der Waals surface area contributed by atoms with Crippen LogP contribution in [0.25, 0.3) is 11.1 Å². The van der Waals surface area contributed by atoms with Gasteiger partial charge in [-0.25, -0.2) is 8.42 Å². The average molecular weight is 818 g/mol. The molecule has 0 saturated carbocycles. The number of nitrogens with zero attached hydrogens (tertiary/aromatic N) is 2. The molecule has 308 valence electrons. The first-order valence-corrected chi connectivity index (χ1v) is 22.2. The van der Waals surface area contributed by atoms with Crippen LogP contribution in [0.1, 0.15) is 96.4 Å². The zero-order chi connectivity index (χ0) is 41.3. The summed E-state index contributed by atoms with van der Waals surface area (Å²) in [6.07, 6.45) is 7.04. The van der Waals surface area contributed by atoms with Crippen molar-refractivity contribution in [3.05, 3.63) is 113 Å². The van der Waals surface area contributed by atoms with Gasteiger partial charge in [-0.3, -0.25) is 24.5 Å². The molecule has 0 radical (unpaired) electrons. The van der Waals surface area contributed by atoms with Crippen LogP contribution in [0.15, 0.2) is 89.8 Å². The minimum atomic E-state index is -3.79. The van der Waals surface area contributed by atoms with Gasteiger partial charge >= 0.3 is 0 Å². The summed E-state index contributed by atoms with van der Waals surface area (Å²) >= 11 is 0. The SMILES string of the molecule is Cc1ccc(S(=O)(=O)N2CC[C@@H]3[C@H](CO)Nc4ccc(-c5cccc(NC(=O)CCCCCCCc6cccc7c6CN(C6CCC(=O)NC6=O)C7=O)c5)cc4[C@@H]32)cc1. The Kier molecular flexibility index (Phi) is 11.7. The van der Waals surface area contributed by atoms with Crippen LogP contribution in [0.4, 0.5) is 11.4 Å². The van der Waals surface area contributed by atoms with Crippen LogP contribution < -0.4 is 16.0 Å². The molecule has 4 heterocycles. The van der Waals surface area contributed by atoms with Gasteiger partial charge in [0.25, 0.3) is 5.91 Å². The van der Waals surface area contributed by atoms with Crippen molar-refractivity contribution < 1.29 is 32.7 Å². The summed E-state index contributed by atoms with van der Waals surface area (Å²) in [6.45, 7) is 2.57. The molecule has 0 spiro atoms. The smallest absolute Gasteiger partial charge is 0.255 e. The van der Waals surface area contributed by atoms with Gasteiger partial charge in [0.2, 0.25) is 27.7 Å². The third-order valence-electron chi connectivity index (χ3n) is 12.5. The number of hydrogen-bond donors (Lipinski definition) is 4. The van der Waals surface area contributed by atoms with E-state index in [0.29, 0.717) is 43.6 Å². The van der Waals surface area contributed by atoms with Crippen LogP contribution in [-0.4, -0.2) is 71.6 Å². The highest BCUT2D eigenvalue weighted by atomic mass is 32.2. The zero-order valence-electron chi connectivity index (χ0n) is 33.3. The van der Waals surface area contributed by atoms with Crippen molar-refractivity contribution in [3.63, 3.8) is 0 Å². The molecule has 4 aliphatic rings. The molecule has 4 N–H and O–H groups in total. The number of unbranched alkanes of at least 4 members (excludes halogenated alkanes) is 4. The van der Waals surface area contributed by atoms with E-state index in [9.17, 15) is 32.7 Å². The average Bonchev–Trinajstić information content (AvgIpc) is 3.83. The summed E-state index contributed by atoms with van der Waals surface area (Å²) in [5, 5.41) is 19.1. The number of carbonyl (C=O) groups excluding carboxylic acids is 4. The van der Waals surface area contributed by atoms with Crippen LogP contribution in [0.2, 0.25) is 0 Å². The third kappa shape index (κ3) is 8.28. The molecule has 13 heteroatoms. The van der Waals surface area contributed by atoms with Gasteiger partial charge in [-0.15, -0.1) is 0 Å². The molecular weight excluding hydrogens is 767 g/mol. The van der Waals surface area contributed by atoms with E-state index >= 15 is 0 Å². The van der Waals surface area contributed by atoms with Crippen LogP contribution in [0.3, 0.4) is 0 Å². The minimum absolute atomic E-state index is 0.0531. The third-order valence-corrected chi connectivity index (χ3v) is 14.4. The summed E-state index contributed by atoms with van der Waals surface area (Å²) in [4.78, 5) is 52.1. The van der Waals surface area contributed by atoms with E-state index in [4.69, 9.17) is 0 Å². The highest BCUT2D eigenvalue weighted by Gasteiger charge is 2.48. The standard InChI is InChI=1S/C46H51N5O7S/c1-29-15-18-34(19-16-29)59(57,58)51-24-23-36-40(28-52)48-39-20-17-32(26-37(39)44(36)51)31-11-7-12-33(25-31)47-42(53)14-6-4-2-3-5-9-30-10-8-13-35-38(30)27-50(46(35)56)41-21-22-43(54)49-45(41)55/h7-8,10-13,15-20,25-26,36,40-41,44,48,52H,2-6,9,14,21-24,27-28H2,1H3,(H,47,53)(H,49,54,55)/t36-,40+,41?,44-/m1/s1. The quantitative estimate of drug-likeness (QED) is 0.0830. The fourth-order valence-corrected chi connectivity index (χ4v) is 11.0. The van der Waals surface area contributed by atoms with Crippen LogP contribution in [0, 0.1) is 12.8 Å². The highest BCUT2D eigenvalue weighted by Crippen LogP contribution is 2.49. The summed E-state index contributed by atoms with van der Waals surface area (Å²) in [5.41, 5.74) is 7.89.